The predicted octanol–water partition coefficient (Wildman–Crippen LogP) is 7.59. The fraction of sp³-hybridized carbons (Fsp3) is 0.405. The van der Waals surface area contributed by atoms with Crippen LogP contribution in [0.25, 0.3) is 22.6 Å². The molecule has 0 aliphatic carbocycles. The van der Waals surface area contributed by atoms with Crippen molar-refractivity contribution in [3.05, 3.63) is 76.6 Å². The molecule has 4 rings (SSSR count). The van der Waals surface area contributed by atoms with E-state index in [1.807, 2.05) is 20.8 Å². The van der Waals surface area contributed by atoms with Gasteiger partial charge in [-0.2, -0.15) is 10.5 Å². The first-order valence-corrected chi connectivity index (χ1v) is 20.0. The number of nitrogens with zero attached hydrogens (tertiary/aromatic N) is 4. The molecule has 0 saturated carbocycles. The van der Waals surface area contributed by atoms with Crippen molar-refractivity contribution >= 4 is 47.2 Å². The Kier molecular flexibility index (Phi) is 15.7. The highest BCUT2D eigenvalue weighted by molar-refractivity contribution is 7.98. The predicted molar refractivity (Wildman–Crippen MR) is 222 cm³/mol. The van der Waals surface area contributed by atoms with Gasteiger partial charge in [0.25, 0.3) is 0 Å². The fourth-order valence-electron chi connectivity index (χ4n) is 5.53. The number of nitrogen functional groups attached to an aromatic ring is 1. The second-order valence-electron chi connectivity index (χ2n) is 15.3. The number of esters is 1. The average molecular weight is 846 g/mol. The molecular weight excluding hydrogens is 798 g/mol. The fourth-order valence-corrected chi connectivity index (χ4v) is 6.53. The van der Waals surface area contributed by atoms with E-state index >= 15 is 0 Å². The van der Waals surface area contributed by atoms with Crippen LogP contribution < -0.4 is 21.1 Å². The van der Waals surface area contributed by atoms with Gasteiger partial charge in [0.05, 0.1) is 29.4 Å². The number of amides is 2. The van der Waals surface area contributed by atoms with Gasteiger partial charge in [-0.1, -0.05) is 35.5 Å². The number of alkyl carbamates (subject to hydrolysis) is 1. The number of oxazole rings is 1. The Balaban J connectivity index is 1.33. The molecule has 0 fully saturated rings. The van der Waals surface area contributed by atoms with Crippen molar-refractivity contribution in [1.82, 2.24) is 20.6 Å². The highest BCUT2D eigenvalue weighted by Gasteiger charge is 2.32. The molecule has 312 valence electrons. The lowest BCUT2D eigenvalue weighted by molar-refractivity contribution is -0.145. The summed E-state index contributed by atoms with van der Waals surface area (Å²) in [4.78, 5) is 47.0. The third kappa shape index (κ3) is 13.9. The van der Waals surface area contributed by atoms with Crippen molar-refractivity contribution in [2.75, 3.05) is 18.9 Å². The Morgan fingerprint density at radius 1 is 0.932 bits per heavy atom. The number of anilines is 1. The third-order valence-corrected chi connectivity index (χ3v) is 9.23. The number of hydrogen-bond acceptors (Lipinski definition) is 14. The number of thioether (sulfide) groups is 1. The summed E-state index contributed by atoms with van der Waals surface area (Å²) in [6.07, 6.45) is -0.664. The number of nitriles is 2. The Hall–Kier alpha value is -5.81. The molecule has 4 aromatic rings. The van der Waals surface area contributed by atoms with Crippen LogP contribution in [0, 0.1) is 22.7 Å². The summed E-state index contributed by atoms with van der Waals surface area (Å²) in [6.45, 7) is 13.9. The van der Waals surface area contributed by atoms with E-state index in [1.165, 1.54) is 18.0 Å². The Morgan fingerprint density at radius 2 is 1.58 bits per heavy atom. The lowest BCUT2D eigenvalue weighted by Crippen LogP contribution is -2.55. The molecule has 0 radical (unpaired) electrons. The van der Waals surface area contributed by atoms with Crippen LogP contribution in [0.2, 0.25) is 5.02 Å². The van der Waals surface area contributed by atoms with Crippen LogP contribution in [0.3, 0.4) is 0 Å². The number of halogens is 1. The van der Waals surface area contributed by atoms with E-state index in [0.29, 0.717) is 44.3 Å². The van der Waals surface area contributed by atoms with Crippen LogP contribution >= 0.6 is 23.4 Å². The van der Waals surface area contributed by atoms with Crippen LogP contribution in [0.15, 0.2) is 64.2 Å². The van der Waals surface area contributed by atoms with Crippen molar-refractivity contribution in [3.63, 3.8) is 0 Å². The summed E-state index contributed by atoms with van der Waals surface area (Å²) in [5, 5.41) is 26.4. The van der Waals surface area contributed by atoms with Crippen molar-refractivity contribution in [1.29, 1.82) is 10.5 Å². The maximum atomic E-state index is 13.1. The minimum atomic E-state index is -1.09. The number of nitrogens with one attached hydrogen (secondary N) is 2. The Morgan fingerprint density at radius 3 is 2.19 bits per heavy atom. The van der Waals surface area contributed by atoms with E-state index in [9.17, 15) is 24.9 Å². The molecule has 59 heavy (non-hydrogen) atoms. The number of carbonyl (C=O) groups excluding carboxylic acids is 3. The number of nitrogens with two attached hydrogens (primary N) is 1. The van der Waals surface area contributed by atoms with Gasteiger partial charge in [-0.3, -0.25) is 9.59 Å². The van der Waals surface area contributed by atoms with E-state index in [-0.39, 0.29) is 36.5 Å². The highest BCUT2D eigenvalue weighted by Crippen LogP contribution is 2.37. The van der Waals surface area contributed by atoms with Gasteiger partial charge in [-0.05, 0) is 97.4 Å². The second-order valence-corrected chi connectivity index (χ2v) is 16.7. The van der Waals surface area contributed by atoms with Crippen molar-refractivity contribution in [3.8, 4) is 40.5 Å². The topological polar surface area (TPSA) is 225 Å². The number of hydrogen-bond donors (Lipinski definition) is 3. The lowest BCUT2D eigenvalue weighted by atomic mass is 9.97. The van der Waals surface area contributed by atoms with E-state index in [4.69, 9.17) is 40.7 Å². The first-order valence-electron chi connectivity index (χ1n) is 18.6. The summed E-state index contributed by atoms with van der Waals surface area (Å²) < 4.78 is 28.2. The minimum absolute atomic E-state index is 0.0252. The van der Waals surface area contributed by atoms with Gasteiger partial charge in [0.2, 0.25) is 11.8 Å². The van der Waals surface area contributed by atoms with Crippen molar-refractivity contribution in [2.45, 2.75) is 102 Å². The van der Waals surface area contributed by atoms with E-state index in [1.54, 1.807) is 83.1 Å². The number of ether oxygens (including phenoxy) is 4. The maximum Gasteiger partial charge on any atom is 0.408 e. The summed E-state index contributed by atoms with van der Waals surface area (Å²) in [7, 11) is 0. The number of aromatic nitrogens is 2. The molecule has 15 nitrogen and oxygen atoms in total. The van der Waals surface area contributed by atoms with E-state index < -0.39 is 47.4 Å². The number of carbonyl (C=O) groups is 3. The molecule has 2 aromatic heterocycles. The normalized spacial score (nSPS) is 12.9. The molecule has 0 bridgehead atoms. The summed E-state index contributed by atoms with van der Waals surface area (Å²) in [6, 6.07) is 17.0. The average Bonchev–Trinajstić information content (AvgIpc) is 3.63. The van der Waals surface area contributed by atoms with Gasteiger partial charge in [0.15, 0.2) is 0 Å². The Labute approximate surface area is 352 Å². The van der Waals surface area contributed by atoms with E-state index in [2.05, 4.69) is 32.7 Å². The molecule has 0 saturated heterocycles. The minimum Gasteiger partial charge on any atom is -0.487 e. The van der Waals surface area contributed by atoms with Crippen molar-refractivity contribution < 1.29 is 37.7 Å². The molecule has 2 amide bonds. The van der Waals surface area contributed by atoms with Gasteiger partial charge >= 0.3 is 12.1 Å². The Bertz CT molecular complexity index is 2190. The quantitative estimate of drug-likeness (QED) is 0.0730. The second kappa shape index (κ2) is 20.2. The molecule has 2 heterocycles. The van der Waals surface area contributed by atoms with E-state index in [0.717, 1.165) is 5.56 Å². The first-order chi connectivity index (χ1) is 27.8. The number of pyridine rings is 1. The molecule has 0 spiro atoms. The molecule has 0 aliphatic rings. The number of rotatable bonds is 16. The van der Waals surface area contributed by atoms with Crippen LogP contribution in [-0.2, 0) is 29.6 Å². The van der Waals surface area contributed by atoms with Crippen LogP contribution in [0.4, 0.5) is 10.6 Å². The molecule has 3 atom stereocenters. The number of benzene rings is 2. The summed E-state index contributed by atoms with van der Waals surface area (Å²) in [5.74, 6) is 0.0190. The van der Waals surface area contributed by atoms with Crippen molar-refractivity contribution in [2.24, 2.45) is 0 Å². The summed E-state index contributed by atoms with van der Waals surface area (Å²) in [5.41, 5.74) is 7.32. The van der Waals surface area contributed by atoms with Gasteiger partial charge in [0, 0.05) is 28.4 Å². The molecule has 17 heteroatoms. The molecule has 4 N–H and O–H groups in total. The zero-order valence-electron chi connectivity index (χ0n) is 34.2. The van der Waals surface area contributed by atoms with Gasteiger partial charge < -0.3 is 39.7 Å². The zero-order chi connectivity index (χ0) is 43.5. The molecule has 0 aliphatic heterocycles. The standard InChI is InChI=1S/C42H48ClN7O8S/c1-24(21-54-33(51)17-18-47-37(52)35(25(2)57-41(3,4)5)49-40(53)58-42(6,7)8)56-30-15-11-26(12-16-30)34-31(19-44)36(46)50-39(32(34)20-45)59-23-29-22-55-38(48-29)27-9-13-28(43)14-10-27/h9-16,22,24-25,35H,17-18,21,23H2,1-8H3,(H2,46,50)(H,47,52)(H,49,53)/t24?,25-,35+/m1/s1. The SMILES string of the molecule is CC(COC(=O)CCNC(=O)[C@@H](NC(=O)OC(C)(C)C)[C@@H](C)OC(C)(C)C)Oc1ccc(-c2c(C#N)c(N)nc(SCc3coc(-c4ccc(Cl)cc4)n3)c2C#N)cc1. The largest absolute Gasteiger partial charge is 0.487 e. The third-order valence-electron chi connectivity index (χ3n) is 7.97. The monoisotopic (exact) mass is 845 g/mol. The zero-order valence-corrected chi connectivity index (χ0v) is 35.7. The van der Waals surface area contributed by atoms with Gasteiger partial charge in [-0.25, -0.2) is 14.8 Å². The smallest absolute Gasteiger partial charge is 0.408 e. The first kappa shape index (κ1) is 45.9. The van der Waals surface area contributed by atoms with Crippen LogP contribution in [0.5, 0.6) is 5.75 Å². The highest BCUT2D eigenvalue weighted by atomic mass is 35.5. The molecule has 1 unspecified atom stereocenters. The van der Waals surface area contributed by atoms with Gasteiger partial charge in [0.1, 0.15) is 64.9 Å². The van der Waals surface area contributed by atoms with Crippen LogP contribution in [-0.4, -0.2) is 70.5 Å². The maximum absolute atomic E-state index is 13.1. The molecule has 2 aromatic carbocycles. The van der Waals surface area contributed by atoms with Crippen LogP contribution in [0.1, 0.15) is 78.6 Å². The lowest BCUT2D eigenvalue weighted by Gasteiger charge is -2.31. The summed E-state index contributed by atoms with van der Waals surface area (Å²) >= 11 is 7.22. The molecular formula is C42H48ClN7O8S. The van der Waals surface area contributed by atoms with Gasteiger partial charge in [-0.15, -0.1) is 0 Å².